The van der Waals surface area contributed by atoms with Crippen molar-refractivity contribution in [3.8, 4) is 5.88 Å². The Kier molecular flexibility index (Phi) is 3.98. The second kappa shape index (κ2) is 6.07. The Hall–Kier alpha value is -2.18. The number of carbonyl (C=O) groups is 1. The van der Waals surface area contributed by atoms with Gasteiger partial charge in [-0.25, -0.2) is 9.97 Å². The highest BCUT2D eigenvalue weighted by atomic mass is 35.5. The molecule has 0 atom stereocenters. The number of benzene rings is 1. The van der Waals surface area contributed by atoms with Crippen LogP contribution in [0.2, 0.25) is 5.02 Å². The second-order valence-electron chi connectivity index (χ2n) is 4.16. The number of ether oxygens (including phenoxy) is 1. The maximum Gasteiger partial charge on any atom is 0.262 e. The van der Waals surface area contributed by atoms with Crippen LogP contribution in [0.3, 0.4) is 0 Å². The molecule has 0 radical (unpaired) electrons. The minimum Gasteiger partial charge on any atom is -0.467 e. The number of fused-ring (bicyclic) bond motifs is 1. The van der Waals surface area contributed by atoms with E-state index in [1.807, 2.05) is 11.4 Å². The molecular weight excluding hydrogens is 310 g/mol. The Morgan fingerprint density at radius 2 is 2.05 bits per heavy atom. The van der Waals surface area contributed by atoms with Crippen LogP contribution < -0.4 is 10.1 Å². The zero-order chi connectivity index (χ0) is 14.7. The van der Waals surface area contributed by atoms with Crippen LogP contribution in [0, 0.1) is 0 Å². The Balaban J connectivity index is 1.63. The summed E-state index contributed by atoms with van der Waals surface area (Å²) in [6.07, 6.45) is 1.42. The summed E-state index contributed by atoms with van der Waals surface area (Å²) in [5.41, 5.74) is 0.663. The lowest BCUT2D eigenvalue weighted by molar-refractivity contribution is -0.118. The lowest BCUT2D eigenvalue weighted by Crippen LogP contribution is -2.20. The normalized spacial score (nSPS) is 10.5. The van der Waals surface area contributed by atoms with Gasteiger partial charge < -0.3 is 10.1 Å². The van der Waals surface area contributed by atoms with Gasteiger partial charge in [0.2, 0.25) is 5.88 Å². The van der Waals surface area contributed by atoms with Gasteiger partial charge in [0, 0.05) is 10.7 Å². The molecule has 21 heavy (non-hydrogen) atoms. The van der Waals surface area contributed by atoms with Gasteiger partial charge in [-0.05, 0) is 35.7 Å². The first-order valence-electron chi connectivity index (χ1n) is 6.09. The molecule has 0 unspecified atom stereocenters. The van der Waals surface area contributed by atoms with Gasteiger partial charge in [0.15, 0.2) is 6.61 Å². The van der Waals surface area contributed by atoms with Crippen molar-refractivity contribution in [3.63, 3.8) is 0 Å². The number of nitrogens with one attached hydrogen (secondary N) is 1. The second-order valence-corrected chi connectivity index (χ2v) is 5.49. The monoisotopic (exact) mass is 319 g/mol. The summed E-state index contributed by atoms with van der Waals surface area (Å²) < 4.78 is 5.45. The molecule has 106 valence electrons. The fraction of sp³-hybridized carbons (Fsp3) is 0.0714. The van der Waals surface area contributed by atoms with Crippen LogP contribution in [0.1, 0.15) is 0 Å². The van der Waals surface area contributed by atoms with Crippen LogP contribution in [0.25, 0.3) is 10.2 Å². The van der Waals surface area contributed by atoms with Gasteiger partial charge in [-0.1, -0.05) is 11.6 Å². The van der Waals surface area contributed by atoms with E-state index in [2.05, 4.69) is 15.3 Å². The SMILES string of the molecule is O=C(COc1ncnc2sccc12)Nc1ccc(Cl)cc1. The van der Waals surface area contributed by atoms with Crippen LogP contribution in [0.5, 0.6) is 5.88 Å². The molecule has 2 heterocycles. The summed E-state index contributed by atoms with van der Waals surface area (Å²) in [7, 11) is 0. The molecule has 0 aliphatic carbocycles. The maximum absolute atomic E-state index is 11.8. The molecule has 3 rings (SSSR count). The Morgan fingerprint density at radius 1 is 1.24 bits per heavy atom. The highest BCUT2D eigenvalue weighted by molar-refractivity contribution is 7.16. The van der Waals surface area contributed by atoms with Crippen molar-refractivity contribution < 1.29 is 9.53 Å². The molecule has 0 spiro atoms. The summed E-state index contributed by atoms with van der Waals surface area (Å²) in [5.74, 6) is 0.145. The Morgan fingerprint density at radius 3 is 2.86 bits per heavy atom. The highest BCUT2D eigenvalue weighted by Gasteiger charge is 2.09. The number of aromatic nitrogens is 2. The summed E-state index contributed by atoms with van der Waals surface area (Å²) in [5, 5.41) is 6.04. The fourth-order valence-corrected chi connectivity index (χ4v) is 2.60. The summed E-state index contributed by atoms with van der Waals surface area (Å²) in [4.78, 5) is 20.8. The molecule has 0 saturated heterocycles. The molecule has 1 amide bonds. The van der Waals surface area contributed by atoms with E-state index in [0.717, 1.165) is 10.2 Å². The van der Waals surface area contributed by atoms with Gasteiger partial charge in [-0.3, -0.25) is 4.79 Å². The van der Waals surface area contributed by atoms with Crippen LogP contribution in [0.15, 0.2) is 42.0 Å². The van der Waals surface area contributed by atoms with Gasteiger partial charge in [0.25, 0.3) is 5.91 Å². The third-order valence-electron chi connectivity index (χ3n) is 2.69. The summed E-state index contributed by atoms with van der Waals surface area (Å²) >= 11 is 7.28. The number of hydrogen-bond donors (Lipinski definition) is 1. The van der Waals surface area contributed by atoms with Crippen molar-refractivity contribution in [2.24, 2.45) is 0 Å². The van der Waals surface area contributed by atoms with E-state index in [4.69, 9.17) is 16.3 Å². The Bertz CT molecular complexity index is 773. The minimum absolute atomic E-state index is 0.120. The van der Waals surface area contributed by atoms with E-state index in [1.165, 1.54) is 17.7 Å². The van der Waals surface area contributed by atoms with Crippen molar-refractivity contribution in [3.05, 3.63) is 47.1 Å². The number of thiophene rings is 1. The number of rotatable bonds is 4. The first-order valence-corrected chi connectivity index (χ1v) is 7.34. The predicted octanol–water partition coefficient (Wildman–Crippen LogP) is 3.36. The average Bonchev–Trinajstić information content (AvgIpc) is 2.96. The van der Waals surface area contributed by atoms with E-state index in [9.17, 15) is 4.79 Å². The number of anilines is 1. The van der Waals surface area contributed by atoms with Crippen LogP contribution in [-0.4, -0.2) is 22.5 Å². The van der Waals surface area contributed by atoms with Gasteiger partial charge in [-0.2, -0.15) is 0 Å². The van der Waals surface area contributed by atoms with Crippen LogP contribution >= 0.6 is 22.9 Å². The lowest BCUT2D eigenvalue weighted by Gasteiger charge is -2.07. The van der Waals surface area contributed by atoms with Crippen molar-refractivity contribution in [1.29, 1.82) is 0 Å². The van der Waals surface area contributed by atoms with E-state index in [0.29, 0.717) is 16.6 Å². The quantitative estimate of drug-likeness (QED) is 0.801. The van der Waals surface area contributed by atoms with E-state index in [-0.39, 0.29) is 12.5 Å². The third-order valence-corrected chi connectivity index (χ3v) is 3.77. The number of amides is 1. The molecule has 0 aliphatic rings. The smallest absolute Gasteiger partial charge is 0.262 e. The molecule has 1 N–H and O–H groups in total. The fourth-order valence-electron chi connectivity index (χ4n) is 1.75. The summed E-state index contributed by atoms with van der Waals surface area (Å²) in [6, 6.07) is 8.73. The van der Waals surface area contributed by atoms with Crippen LogP contribution in [-0.2, 0) is 4.79 Å². The maximum atomic E-state index is 11.8. The molecule has 3 aromatic rings. The molecule has 7 heteroatoms. The van der Waals surface area contributed by atoms with Crippen LogP contribution in [0.4, 0.5) is 5.69 Å². The molecular formula is C14H10ClN3O2S. The van der Waals surface area contributed by atoms with E-state index < -0.39 is 0 Å². The van der Waals surface area contributed by atoms with E-state index in [1.54, 1.807) is 24.3 Å². The largest absolute Gasteiger partial charge is 0.467 e. The number of carbonyl (C=O) groups excluding carboxylic acids is 1. The standard InChI is InChI=1S/C14H10ClN3O2S/c15-9-1-3-10(4-2-9)18-12(19)7-20-13-11-5-6-21-14(11)17-8-16-13/h1-6,8H,7H2,(H,18,19). The van der Waals surface area contributed by atoms with Gasteiger partial charge in [0.05, 0.1) is 5.39 Å². The van der Waals surface area contributed by atoms with Crippen molar-refractivity contribution in [1.82, 2.24) is 9.97 Å². The molecule has 0 fully saturated rings. The van der Waals surface area contributed by atoms with Crippen molar-refractivity contribution in [2.75, 3.05) is 11.9 Å². The highest BCUT2D eigenvalue weighted by Crippen LogP contribution is 2.25. The van der Waals surface area contributed by atoms with Gasteiger partial charge >= 0.3 is 0 Å². The summed E-state index contributed by atoms with van der Waals surface area (Å²) in [6.45, 7) is -0.120. The third kappa shape index (κ3) is 3.29. The minimum atomic E-state index is -0.265. The first kappa shape index (κ1) is 13.8. The lowest BCUT2D eigenvalue weighted by atomic mass is 10.3. The number of halogens is 1. The van der Waals surface area contributed by atoms with E-state index >= 15 is 0 Å². The Labute approximate surface area is 129 Å². The van der Waals surface area contributed by atoms with Crippen molar-refractivity contribution in [2.45, 2.75) is 0 Å². The predicted molar refractivity (Wildman–Crippen MR) is 83.0 cm³/mol. The average molecular weight is 320 g/mol. The molecule has 1 aromatic carbocycles. The van der Waals surface area contributed by atoms with Crippen molar-refractivity contribution >= 4 is 44.7 Å². The molecule has 2 aromatic heterocycles. The zero-order valence-electron chi connectivity index (χ0n) is 10.7. The van der Waals surface area contributed by atoms with Gasteiger partial charge in [0.1, 0.15) is 11.2 Å². The topological polar surface area (TPSA) is 64.1 Å². The zero-order valence-corrected chi connectivity index (χ0v) is 12.3. The van der Waals surface area contributed by atoms with Gasteiger partial charge in [-0.15, -0.1) is 11.3 Å². The molecule has 5 nitrogen and oxygen atoms in total. The number of hydrogen-bond acceptors (Lipinski definition) is 5. The molecule has 0 bridgehead atoms. The molecule has 0 aliphatic heterocycles. The molecule has 0 saturated carbocycles. The first-order chi connectivity index (χ1) is 10.2. The number of nitrogens with zero attached hydrogens (tertiary/aromatic N) is 2.